The molecule has 0 radical (unpaired) electrons. The lowest BCUT2D eigenvalue weighted by Crippen LogP contribution is -2.40. The molecule has 5 heteroatoms. The van der Waals surface area contributed by atoms with Gasteiger partial charge in [0.05, 0.1) is 12.6 Å². The number of nitrogens with two attached hydrogens (primary N) is 1. The molecule has 2 amide bonds. The van der Waals surface area contributed by atoms with Gasteiger partial charge in [0.15, 0.2) is 0 Å². The number of methoxy groups -OCH3 is 1. The van der Waals surface area contributed by atoms with E-state index < -0.39 is 0 Å². The van der Waals surface area contributed by atoms with Gasteiger partial charge in [-0.15, -0.1) is 0 Å². The molecule has 1 aromatic rings. The average molecular weight is 237 g/mol. The predicted molar refractivity (Wildman–Crippen MR) is 69.0 cm³/mol. The van der Waals surface area contributed by atoms with Crippen molar-refractivity contribution in [1.29, 1.82) is 0 Å². The fourth-order valence-electron chi connectivity index (χ4n) is 1.38. The van der Waals surface area contributed by atoms with Gasteiger partial charge in [-0.2, -0.15) is 0 Å². The summed E-state index contributed by atoms with van der Waals surface area (Å²) in [6.45, 7) is 2.42. The maximum Gasteiger partial charge on any atom is 0.321 e. The van der Waals surface area contributed by atoms with Gasteiger partial charge in [-0.25, -0.2) is 4.79 Å². The first-order valence-corrected chi connectivity index (χ1v) is 5.43. The quantitative estimate of drug-likeness (QED) is 0.784. The first-order chi connectivity index (χ1) is 8.04. The average Bonchev–Trinajstić information content (AvgIpc) is 2.28. The van der Waals surface area contributed by atoms with Crippen LogP contribution >= 0.6 is 0 Å². The highest BCUT2D eigenvalue weighted by Crippen LogP contribution is 2.12. The third-order valence-corrected chi connectivity index (χ3v) is 2.53. The number of amides is 2. The molecule has 0 saturated heterocycles. The van der Waals surface area contributed by atoms with E-state index in [-0.39, 0.29) is 12.1 Å². The molecule has 0 fully saturated rings. The maximum absolute atomic E-state index is 11.9. The summed E-state index contributed by atoms with van der Waals surface area (Å²) in [5.41, 5.74) is 6.94. The van der Waals surface area contributed by atoms with Crippen LogP contribution in [-0.2, 0) is 4.74 Å². The van der Waals surface area contributed by atoms with Gasteiger partial charge in [0, 0.05) is 25.5 Å². The molecule has 0 aromatic heterocycles. The number of likely N-dealkylation sites (N-methyl/N-ethyl adjacent to an activating group) is 1. The Bertz CT molecular complexity index is 382. The van der Waals surface area contributed by atoms with Crippen LogP contribution in [0.25, 0.3) is 0 Å². The monoisotopic (exact) mass is 237 g/mol. The highest BCUT2D eigenvalue weighted by Gasteiger charge is 2.15. The van der Waals surface area contributed by atoms with Crippen molar-refractivity contribution in [3.8, 4) is 0 Å². The maximum atomic E-state index is 11.9. The zero-order valence-electron chi connectivity index (χ0n) is 10.4. The summed E-state index contributed by atoms with van der Waals surface area (Å²) in [5.74, 6) is 0. The number of benzene rings is 1. The number of carbonyl (C=O) groups excluding carboxylic acids is 1. The number of hydrogen-bond acceptors (Lipinski definition) is 3. The molecule has 0 aliphatic heterocycles. The molecule has 94 valence electrons. The minimum absolute atomic E-state index is 0.0149. The van der Waals surface area contributed by atoms with Crippen LogP contribution in [0.1, 0.15) is 6.92 Å². The van der Waals surface area contributed by atoms with Gasteiger partial charge in [0.25, 0.3) is 0 Å². The molecule has 0 aliphatic rings. The molecule has 0 saturated carbocycles. The van der Waals surface area contributed by atoms with Crippen molar-refractivity contribution < 1.29 is 9.53 Å². The number of carbonyl (C=O) groups is 1. The topological polar surface area (TPSA) is 67.6 Å². The van der Waals surface area contributed by atoms with E-state index in [0.29, 0.717) is 18.0 Å². The van der Waals surface area contributed by atoms with Gasteiger partial charge in [-0.05, 0) is 25.1 Å². The Morgan fingerprint density at radius 3 is 2.88 bits per heavy atom. The van der Waals surface area contributed by atoms with Gasteiger partial charge in [0.2, 0.25) is 0 Å². The Kier molecular flexibility index (Phi) is 4.78. The van der Waals surface area contributed by atoms with Crippen LogP contribution in [0.4, 0.5) is 16.2 Å². The van der Waals surface area contributed by atoms with Crippen molar-refractivity contribution in [2.24, 2.45) is 0 Å². The molecular weight excluding hydrogens is 218 g/mol. The van der Waals surface area contributed by atoms with E-state index in [1.54, 1.807) is 43.3 Å². The van der Waals surface area contributed by atoms with Crippen molar-refractivity contribution in [2.45, 2.75) is 13.0 Å². The number of anilines is 2. The van der Waals surface area contributed by atoms with Crippen LogP contribution in [0.15, 0.2) is 24.3 Å². The number of nitrogens with zero attached hydrogens (tertiary/aromatic N) is 1. The Labute approximate surface area is 102 Å². The van der Waals surface area contributed by atoms with E-state index in [9.17, 15) is 4.79 Å². The summed E-state index contributed by atoms with van der Waals surface area (Å²) in [6, 6.07) is 6.91. The van der Waals surface area contributed by atoms with E-state index >= 15 is 0 Å². The molecule has 0 aliphatic carbocycles. The largest absolute Gasteiger partial charge is 0.399 e. The van der Waals surface area contributed by atoms with Crippen molar-refractivity contribution >= 4 is 17.4 Å². The number of ether oxygens (including phenoxy) is 1. The van der Waals surface area contributed by atoms with E-state index in [1.165, 1.54) is 0 Å². The standard InChI is InChI=1S/C12H19N3O2/c1-9(8-17-3)15(2)12(16)14-11-6-4-5-10(13)7-11/h4-7,9H,8,13H2,1-3H3,(H,14,16). The number of nitrogen functional groups attached to an aromatic ring is 1. The molecule has 17 heavy (non-hydrogen) atoms. The minimum Gasteiger partial charge on any atom is -0.399 e. The third-order valence-electron chi connectivity index (χ3n) is 2.53. The number of urea groups is 1. The normalized spacial score (nSPS) is 11.9. The summed E-state index contributed by atoms with van der Waals surface area (Å²) in [5, 5.41) is 2.77. The van der Waals surface area contributed by atoms with E-state index in [0.717, 1.165) is 0 Å². The lowest BCUT2D eigenvalue weighted by atomic mass is 10.3. The summed E-state index contributed by atoms with van der Waals surface area (Å²) in [7, 11) is 3.34. The lowest BCUT2D eigenvalue weighted by molar-refractivity contribution is 0.128. The van der Waals surface area contributed by atoms with Gasteiger partial charge in [-0.3, -0.25) is 0 Å². The number of nitrogens with one attached hydrogen (secondary N) is 1. The molecule has 0 bridgehead atoms. The van der Waals surface area contributed by atoms with E-state index in [1.807, 2.05) is 6.92 Å². The Hall–Kier alpha value is -1.75. The SMILES string of the molecule is COCC(C)N(C)C(=O)Nc1cccc(N)c1. The van der Waals surface area contributed by atoms with E-state index in [4.69, 9.17) is 10.5 Å². The molecule has 0 spiro atoms. The zero-order chi connectivity index (χ0) is 12.8. The molecule has 5 nitrogen and oxygen atoms in total. The highest BCUT2D eigenvalue weighted by molar-refractivity contribution is 5.89. The molecule has 1 unspecified atom stereocenters. The lowest BCUT2D eigenvalue weighted by Gasteiger charge is -2.24. The second-order valence-electron chi connectivity index (χ2n) is 3.97. The molecule has 1 aromatic carbocycles. The number of rotatable bonds is 4. The molecule has 1 rings (SSSR count). The number of hydrogen-bond donors (Lipinski definition) is 2. The van der Waals surface area contributed by atoms with Crippen molar-refractivity contribution in [3.63, 3.8) is 0 Å². The van der Waals surface area contributed by atoms with Crippen molar-refractivity contribution in [2.75, 3.05) is 31.8 Å². The summed E-state index contributed by atoms with van der Waals surface area (Å²) in [4.78, 5) is 13.4. The fraction of sp³-hybridized carbons (Fsp3) is 0.417. The molecular formula is C12H19N3O2. The first-order valence-electron chi connectivity index (χ1n) is 5.43. The first kappa shape index (κ1) is 13.3. The van der Waals surface area contributed by atoms with Crippen LogP contribution in [0, 0.1) is 0 Å². The molecule has 1 atom stereocenters. The van der Waals surface area contributed by atoms with E-state index in [2.05, 4.69) is 5.32 Å². The Morgan fingerprint density at radius 1 is 1.59 bits per heavy atom. The smallest absolute Gasteiger partial charge is 0.321 e. The Morgan fingerprint density at radius 2 is 2.29 bits per heavy atom. The predicted octanol–water partition coefficient (Wildman–Crippen LogP) is 1.77. The van der Waals surface area contributed by atoms with Crippen LogP contribution in [0.3, 0.4) is 0 Å². The van der Waals surface area contributed by atoms with Crippen molar-refractivity contribution in [1.82, 2.24) is 4.90 Å². The molecule has 0 heterocycles. The third kappa shape index (κ3) is 3.96. The summed E-state index contributed by atoms with van der Waals surface area (Å²) in [6.07, 6.45) is 0. The highest BCUT2D eigenvalue weighted by atomic mass is 16.5. The van der Waals surface area contributed by atoms with Gasteiger partial charge in [0.1, 0.15) is 0 Å². The Balaban J connectivity index is 2.60. The minimum atomic E-state index is -0.180. The van der Waals surface area contributed by atoms with Gasteiger partial charge >= 0.3 is 6.03 Å². The van der Waals surface area contributed by atoms with Crippen LogP contribution in [0.2, 0.25) is 0 Å². The second-order valence-corrected chi connectivity index (χ2v) is 3.97. The van der Waals surface area contributed by atoms with Crippen molar-refractivity contribution in [3.05, 3.63) is 24.3 Å². The van der Waals surface area contributed by atoms with Gasteiger partial charge in [-0.1, -0.05) is 6.07 Å². The summed E-state index contributed by atoms with van der Waals surface area (Å²) >= 11 is 0. The molecule has 3 N–H and O–H groups in total. The zero-order valence-corrected chi connectivity index (χ0v) is 10.4. The van der Waals surface area contributed by atoms with Crippen LogP contribution in [-0.4, -0.2) is 37.7 Å². The van der Waals surface area contributed by atoms with Gasteiger partial charge < -0.3 is 20.7 Å². The summed E-state index contributed by atoms with van der Waals surface area (Å²) < 4.78 is 5.00. The van der Waals surface area contributed by atoms with Crippen LogP contribution < -0.4 is 11.1 Å². The fourth-order valence-corrected chi connectivity index (χ4v) is 1.38. The second kappa shape index (κ2) is 6.10. The van der Waals surface area contributed by atoms with Crippen LogP contribution in [0.5, 0.6) is 0 Å².